The van der Waals surface area contributed by atoms with Crippen molar-refractivity contribution >= 4 is 29.0 Å². The van der Waals surface area contributed by atoms with Crippen LogP contribution in [0.15, 0.2) is 73.3 Å². The van der Waals surface area contributed by atoms with E-state index < -0.39 is 18.8 Å². The van der Waals surface area contributed by atoms with Gasteiger partial charge in [0.15, 0.2) is 11.6 Å². The topological polar surface area (TPSA) is 166 Å². The summed E-state index contributed by atoms with van der Waals surface area (Å²) in [6.07, 6.45) is 12.9. The minimum atomic E-state index is -3.10. The Balaban J connectivity index is 0.000000221. The molecule has 2 saturated heterocycles. The van der Waals surface area contributed by atoms with Crippen molar-refractivity contribution in [2.45, 2.75) is 91.0 Å². The van der Waals surface area contributed by atoms with E-state index in [9.17, 15) is 31.9 Å². The molecule has 2 aromatic carbocycles. The molecule has 4 aromatic heterocycles. The van der Waals surface area contributed by atoms with Crippen LogP contribution in [0.5, 0.6) is 34.5 Å². The van der Waals surface area contributed by atoms with E-state index in [-0.39, 0.29) is 123 Å². The number of nitrogens with one attached hydrogen (secondary N) is 1. The summed E-state index contributed by atoms with van der Waals surface area (Å²) in [6.45, 7) is 3.61. The zero-order valence-corrected chi connectivity index (χ0v) is 46.7. The molecule has 6 aromatic rings. The van der Waals surface area contributed by atoms with Gasteiger partial charge in [0.2, 0.25) is 0 Å². The van der Waals surface area contributed by atoms with Crippen LogP contribution < -0.4 is 85.1 Å². The van der Waals surface area contributed by atoms with Crippen LogP contribution >= 0.6 is 0 Å². The molecular formula is C55H63F4KN6O10. The van der Waals surface area contributed by atoms with Crippen LogP contribution in [0.1, 0.15) is 94.3 Å². The van der Waals surface area contributed by atoms with Gasteiger partial charge < -0.3 is 44.8 Å². The van der Waals surface area contributed by atoms with Gasteiger partial charge in [-0.25, -0.2) is 14.8 Å². The predicted octanol–water partition coefficient (Wildman–Crippen LogP) is 7.93. The van der Waals surface area contributed by atoms with Crippen molar-refractivity contribution in [3.05, 3.63) is 84.4 Å². The first kappa shape index (κ1) is 56.7. The van der Waals surface area contributed by atoms with Gasteiger partial charge in [0.1, 0.15) is 62.5 Å². The Hall–Kier alpha value is -5.45. The Morgan fingerprint density at radius 2 is 1.14 bits per heavy atom. The summed E-state index contributed by atoms with van der Waals surface area (Å²) in [7, 11) is 2.81. The number of likely N-dealkylation sites (tertiary alicyclic amines) is 1. The molecule has 0 unspecified atom stereocenters. The molecule has 4 aliphatic rings. The third-order valence-corrected chi connectivity index (χ3v) is 13.5. The van der Waals surface area contributed by atoms with Crippen molar-refractivity contribution in [2.75, 3.05) is 53.6 Å². The zero-order chi connectivity index (χ0) is 53.0. The van der Waals surface area contributed by atoms with Gasteiger partial charge in [0.25, 0.3) is 0 Å². The van der Waals surface area contributed by atoms with Crippen LogP contribution in [0.25, 0.3) is 33.8 Å². The number of ketones is 2. The largest absolute Gasteiger partial charge is 1.00 e. The molecule has 2 atom stereocenters. The smallest absolute Gasteiger partial charge is 1.00 e. The number of rotatable bonds is 20. The number of benzene rings is 2. The van der Waals surface area contributed by atoms with Crippen molar-refractivity contribution in [3.63, 3.8) is 0 Å². The average Bonchev–Trinajstić information content (AvgIpc) is 4.06. The molecular weight excluding hydrogens is 1020 g/mol. The second-order valence-corrected chi connectivity index (χ2v) is 20.5. The number of alkyl halides is 4. The fraction of sp³-hybridized carbons (Fsp3) is 0.473. The second kappa shape index (κ2) is 24.9. The SMILES string of the molecule is COc1cc(-c2cnc3cc(OC[C@H]4CCN(C(=O)OC(C)(C)C)C4)ccn23)cc(OC(F)F)c1C(=O)CC1CC1.COc1cc(-c2cnc3cc(OC[C@H]4CCNC4)ccn23)cc(OC(F)F)c1C(=O)CC1CC1.[H-].[K+]. The molecule has 0 spiro atoms. The van der Waals surface area contributed by atoms with Crippen LogP contribution in [-0.4, -0.2) is 114 Å². The van der Waals surface area contributed by atoms with E-state index in [1.807, 2.05) is 43.5 Å². The fourth-order valence-electron chi connectivity index (χ4n) is 9.37. The zero-order valence-electron chi connectivity index (χ0n) is 44.6. The van der Waals surface area contributed by atoms with Crippen molar-refractivity contribution in [3.8, 4) is 57.0 Å². The number of carbonyl (C=O) groups is 3. The van der Waals surface area contributed by atoms with Gasteiger partial charge in [-0.05, 0) is 114 Å². The van der Waals surface area contributed by atoms with Gasteiger partial charge in [-0.15, -0.1) is 0 Å². The Morgan fingerprint density at radius 1 is 0.671 bits per heavy atom. The third-order valence-electron chi connectivity index (χ3n) is 13.5. The molecule has 2 saturated carbocycles. The van der Waals surface area contributed by atoms with E-state index in [2.05, 4.69) is 15.3 Å². The first-order valence-corrected chi connectivity index (χ1v) is 25.3. The molecule has 10 rings (SSSR count). The molecule has 6 heterocycles. The van der Waals surface area contributed by atoms with Gasteiger partial charge >= 0.3 is 70.7 Å². The summed E-state index contributed by atoms with van der Waals surface area (Å²) in [5.41, 5.74) is 3.11. The number of halogens is 4. The van der Waals surface area contributed by atoms with Crippen molar-refractivity contribution in [1.82, 2.24) is 29.0 Å². The number of Topliss-reactive ketones (excluding diaryl/α,β-unsaturated/α-hetero) is 2. The number of pyridine rings is 2. The van der Waals surface area contributed by atoms with Crippen molar-refractivity contribution in [1.29, 1.82) is 0 Å². The Morgan fingerprint density at radius 3 is 1.57 bits per heavy atom. The van der Waals surface area contributed by atoms with Gasteiger partial charge in [-0.2, -0.15) is 17.6 Å². The number of amides is 1. The van der Waals surface area contributed by atoms with E-state index in [1.54, 1.807) is 52.2 Å². The average molecular weight is 1080 g/mol. The van der Waals surface area contributed by atoms with E-state index in [1.165, 1.54) is 26.4 Å². The summed E-state index contributed by atoms with van der Waals surface area (Å²) >= 11 is 0. The van der Waals surface area contributed by atoms with Crippen LogP contribution in [-0.2, 0) is 4.74 Å². The molecule has 76 heavy (non-hydrogen) atoms. The van der Waals surface area contributed by atoms with Crippen molar-refractivity contribution in [2.24, 2.45) is 23.7 Å². The maximum atomic E-state index is 13.3. The maximum Gasteiger partial charge on any atom is 1.00 e. The van der Waals surface area contributed by atoms with E-state index in [4.69, 9.17) is 33.2 Å². The van der Waals surface area contributed by atoms with Crippen LogP contribution in [0, 0.1) is 23.7 Å². The van der Waals surface area contributed by atoms with Crippen LogP contribution in [0.3, 0.4) is 0 Å². The molecule has 2 aliphatic carbocycles. The maximum absolute atomic E-state index is 13.3. The molecule has 2 aliphatic heterocycles. The normalized spacial score (nSPS) is 17.3. The number of carbonyl (C=O) groups excluding carboxylic acids is 3. The van der Waals surface area contributed by atoms with E-state index >= 15 is 0 Å². The summed E-state index contributed by atoms with van der Waals surface area (Å²) < 4.78 is 94.6. The summed E-state index contributed by atoms with van der Waals surface area (Å²) in [4.78, 5) is 48.7. The standard InChI is InChI=1S/C30H35F2N3O6.C25H27F2N3O4.K.H/c1-30(2,3)41-29(37)34-9-7-19(16-34)17-39-21-8-10-35-22(15-33-26(35)14-21)20-12-24(38-4)27(23(36)11-18-5-6-18)25(13-20)40-28(31)32;1-32-21-9-17(10-22(34-25(26)27)24(21)20(31)8-15-2-3-15)19-13-29-23-11-18(5-7-30(19)23)33-14-16-4-6-28-12-16;;/h8,10,12-15,18-19,28H,5-7,9,11,16-17H2,1-4H3;5,7,9-11,13,15-16,25,28H,2-4,6,8,12,14H2,1H3;;/q;;+1;-1/t19-;16-;;/m00../s1. The number of methoxy groups -OCH3 is 2. The number of hydrogen-bond acceptors (Lipinski definition) is 13. The van der Waals surface area contributed by atoms with Gasteiger partial charge in [0, 0.05) is 80.0 Å². The molecule has 4 fully saturated rings. The quantitative estimate of drug-likeness (QED) is 0.0446. The number of nitrogens with zero attached hydrogens (tertiary/aromatic N) is 5. The predicted molar refractivity (Wildman–Crippen MR) is 270 cm³/mol. The van der Waals surface area contributed by atoms with Gasteiger partial charge in [-0.3, -0.25) is 18.4 Å². The van der Waals surface area contributed by atoms with Crippen LogP contribution in [0.4, 0.5) is 22.4 Å². The minimum absolute atomic E-state index is 0. The van der Waals surface area contributed by atoms with E-state index in [0.29, 0.717) is 84.1 Å². The monoisotopic (exact) mass is 1080 g/mol. The third kappa shape index (κ3) is 14.4. The van der Waals surface area contributed by atoms with Gasteiger partial charge in [-0.1, -0.05) is 0 Å². The summed E-state index contributed by atoms with van der Waals surface area (Å²) in [5, 5.41) is 3.32. The molecule has 21 heteroatoms. The van der Waals surface area contributed by atoms with Crippen LogP contribution in [0.2, 0.25) is 0 Å². The Bertz CT molecular complexity index is 3030. The Labute approximate surface area is 482 Å². The number of imidazole rings is 2. The molecule has 402 valence electrons. The van der Waals surface area contributed by atoms with Gasteiger partial charge in [0.05, 0.1) is 51.2 Å². The second-order valence-electron chi connectivity index (χ2n) is 20.5. The number of ether oxygens (including phenoxy) is 7. The first-order chi connectivity index (χ1) is 36.0. The fourth-order valence-corrected chi connectivity index (χ4v) is 9.37. The summed E-state index contributed by atoms with van der Waals surface area (Å²) in [5.74, 6) is 2.04. The number of fused-ring (bicyclic) bond motifs is 2. The Kier molecular flexibility index (Phi) is 18.6. The molecule has 0 bridgehead atoms. The molecule has 1 N–H and O–H groups in total. The number of hydrogen-bond donors (Lipinski definition) is 1. The molecule has 1 amide bonds. The van der Waals surface area contributed by atoms with Crippen molar-refractivity contribution < 1.29 is 118 Å². The minimum Gasteiger partial charge on any atom is -1.00 e. The first-order valence-electron chi connectivity index (χ1n) is 25.3. The molecule has 16 nitrogen and oxygen atoms in total. The van der Waals surface area contributed by atoms with E-state index in [0.717, 1.165) is 57.4 Å². The summed E-state index contributed by atoms with van der Waals surface area (Å²) in [6, 6.07) is 13.5. The molecule has 0 radical (unpaired) electrons. The number of aromatic nitrogens is 4.